The summed E-state index contributed by atoms with van der Waals surface area (Å²) in [7, 11) is 1.85. The molecule has 0 radical (unpaired) electrons. The summed E-state index contributed by atoms with van der Waals surface area (Å²) in [6, 6.07) is 6.22. The summed E-state index contributed by atoms with van der Waals surface area (Å²) in [6.07, 6.45) is 1.11. The molecule has 0 atom stereocenters. The number of aryl methyl sites for hydroxylation is 1. The molecule has 6 nitrogen and oxygen atoms in total. The maximum atomic E-state index is 12.2. The van der Waals surface area contributed by atoms with Gasteiger partial charge in [0.2, 0.25) is 5.91 Å². The summed E-state index contributed by atoms with van der Waals surface area (Å²) in [5, 5.41) is 0. The average molecular weight is 345 g/mol. The molecule has 1 saturated heterocycles. The quantitative estimate of drug-likeness (QED) is 0.785. The van der Waals surface area contributed by atoms with Gasteiger partial charge in [0.25, 0.3) is 0 Å². The molecule has 2 aliphatic heterocycles. The van der Waals surface area contributed by atoms with Crippen molar-refractivity contribution in [3.63, 3.8) is 0 Å². The highest BCUT2D eigenvalue weighted by atomic mass is 16.6. The molecule has 1 fully saturated rings. The van der Waals surface area contributed by atoms with Gasteiger partial charge in [-0.1, -0.05) is 12.1 Å². The SMILES string of the molecule is CN1C(=O)CCc2cccc(N3CCN(C(=O)OC(C)(C)C)CC3)c21. The smallest absolute Gasteiger partial charge is 0.410 e. The van der Waals surface area contributed by atoms with Gasteiger partial charge in [0, 0.05) is 39.6 Å². The number of hydrogen-bond acceptors (Lipinski definition) is 4. The number of hydrogen-bond donors (Lipinski definition) is 0. The van der Waals surface area contributed by atoms with Gasteiger partial charge in [-0.15, -0.1) is 0 Å². The third-order valence-electron chi connectivity index (χ3n) is 4.69. The number of anilines is 2. The first-order valence-electron chi connectivity index (χ1n) is 8.87. The van der Waals surface area contributed by atoms with Crippen LogP contribution in [0.15, 0.2) is 18.2 Å². The lowest BCUT2D eigenvalue weighted by molar-refractivity contribution is -0.118. The molecule has 1 aromatic carbocycles. The van der Waals surface area contributed by atoms with Gasteiger partial charge in [-0.3, -0.25) is 4.79 Å². The summed E-state index contributed by atoms with van der Waals surface area (Å²) in [4.78, 5) is 30.1. The van der Waals surface area contributed by atoms with Gasteiger partial charge in [0.1, 0.15) is 5.60 Å². The van der Waals surface area contributed by atoms with Crippen molar-refractivity contribution < 1.29 is 14.3 Å². The largest absolute Gasteiger partial charge is 0.444 e. The minimum atomic E-state index is -0.476. The number of piperazine rings is 1. The Morgan fingerprint density at radius 3 is 2.40 bits per heavy atom. The lowest BCUT2D eigenvalue weighted by Gasteiger charge is -2.39. The number of ether oxygens (including phenoxy) is 1. The summed E-state index contributed by atoms with van der Waals surface area (Å²) in [5.74, 6) is 0.160. The van der Waals surface area contributed by atoms with Crippen LogP contribution >= 0.6 is 0 Å². The van der Waals surface area contributed by atoms with Crippen molar-refractivity contribution in [2.24, 2.45) is 0 Å². The van der Waals surface area contributed by atoms with Crippen LogP contribution < -0.4 is 9.80 Å². The first-order valence-corrected chi connectivity index (χ1v) is 8.87. The van der Waals surface area contributed by atoms with E-state index in [1.165, 1.54) is 5.56 Å². The minimum absolute atomic E-state index is 0.160. The van der Waals surface area contributed by atoms with Crippen LogP contribution in [0.3, 0.4) is 0 Å². The highest BCUT2D eigenvalue weighted by Crippen LogP contribution is 2.36. The van der Waals surface area contributed by atoms with Crippen LogP contribution in [0.5, 0.6) is 0 Å². The molecule has 2 amide bonds. The number of rotatable bonds is 1. The van der Waals surface area contributed by atoms with Gasteiger partial charge in [0.05, 0.1) is 11.4 Å². The van der Waals surface area contributed by atoms with Crippen LogP contribution in [0.4, 0.5) is 16.2 Å². The average Bonchev–Trinajstić information content (AvgIpc) is 2.56. The monoisotopic (exact) mass is 345 g/mol. The second-order valence-electron chi connectivity index (χ2n) is 7.69. The fraction of sp³-hybridized carbons (Fsp3) is 0.579. The van der Waals surface area contributed by atoms with E-state index < -0.39 is 5.60 Å². The maximum Gasteiger partial charge on any atom is 0.410 e. The van der Waals surface area contributed by atoms with Crippen LogP contribution in [0.25, 0.3) is 0 Å². The van der Waals surface area contributed by atoms with Crippen LogP contribution in [-0.2, 0) is 16.0 Å². The Bertz CT molecular complexity index is 673. The Kier molecular flexibility index (Phi) is 4.62. The summed E-state index contributed by atoms with van der Waals surface area (Å²) in [6.45, 7) is 8.35. The summed E-state index contributed by atoms with van der Waals surface area (Å²) >= 11 is 0. The predicted molar refractivity (Wildman–Crippen MR) is 98.2 cm³/mol. The fourth-order valence-electron chi connectivity index (χ4n) is 3.41. The Morgan fingerprint density at radius 2 is 1.76 bits per heavy atom. The molecule has 0 unspecified atom stereocenters. The molecular weight excluding hydrogens is 318 g/mol. The molecule has 136 valence electrons. The molecule has 3 rings (SSSR count). The highest BCUT2D eigenvalue weighted by molar-refractivity contribution is 5.99. The highest BCUT2D eigenvalue weighted by Gasteiger charge is 2.29. The van der Waals surface area contributed by atoms with E-state index in [-0.39, 0.29) is 12.0 Å². The molecule has 0 spiro atoms. The van der Waals surface area contributed by atoms with Gasteiger partial charge >= 0.3 is 6.09 Å². The topological polar surface area (TPSA) is 53.1 Å². The van der Waals surface area contributed by atoms with Gasteiger partial charge in [-0.2, -0.15) is 0 Å². The van der Waals surface area contributed by atoms with Gasteiger partial charge in [0.15, 0.2) is 0 Å². The molecule has 25 heavy (non-hydrogen) atoms. The van der Waals surface area contributed by atoms with E-state index >= 15 is 0 Å². The molecule has 0 aromatic heterocycles. The van der Waals surface area contributed by atoms with Crippen LogP contribution in [0, 0.1) is 0 Å². The van der Waals surface area contributed by atoms with E-state index in [1.807, 2.05) is 27.8 Å². The van der Waals surface area contributed by atoms with E-state index in [0.29, 0.717) is 19.5 Å². The third-order valence-corrected chi connectivity index (χ3v) is 4.69. The fourth-order valence-corrected chi connectivity index (χ4v) is 3.41. The molecule has 1 aromatic rings. The summed E-state index contributed by atoms with van der Waals surface area (Å²) < 4.78 is 5.46. The number of fused-ring (bicyclic) bond motifs is 1. The third kappa shape index (κ3) is 3.72. The summed E-state index contributed by atoms with van der Waals surface area (Å²) in [5.41, 5.74) is 2.84. The van der Waals surface area contributed by atoms with E-state index in [4.69, 9.17) is 4.74 Å². The van der Waals surface area contributed by atoms with Crippen molar-refractivity contribution in [1.29, 1.82) is 0 Å². The van der Waals surface area contributed by atoms with Crippen molar-refractivity contribution in [1.82, 2.24) is 4.90 Å². The molecule has 6 heteroatoms. The van der Waals surface area contributed by atoms with E-state index in [9.17, 15) is 9.59 Å². The zero-order valence-corrected chi connectivity index (χ0v) is 15.5. The Labute approximate surface area is 149 Å². The number of carbonyl (C=O) groups excluding carboxylic acids is 2. The number of benzene rings is 1. The van der Waals surface area contributed by atoms with E-state index in [0.717, 1.165) is 30.9 Å². The van der Waals surface area contributed by atoms with Gasteiger partial charge in [-0.25, -0.2) is 4.79 Å². The number of carbonyl (C=O) groups is 2. The lowest BCUT2D eigenvalue weighted by Crippen LogP contribution is -2.50. The molecule has 0 bridgehead atoms. The number of nitrogens with zero attached hydrogens (tertiary/aromatic N) is 3. The number of para-hydroxylation sites is 1. The Balaban J connectivity index is 1.72. The second kappa shape index (κ2) is 6.58. The molecule has 0 N–H and O–H groups in total. The van der Waals surface area contributed by atoms with Crippen molar-refractivity contribution in [3.8, 4) is 0 Å². The number of amides is 2. The normalized spacial score (nSPS) is 18.2. The van der Waals surface area contributed by atoms with E-state index in [1.54, 1.807) is 9.80 Å². The Hall–Kier alpha value is -2.24. The van der Waals surface area contributed by atoms with Crippen LogP contribution in [0.1, 0.15) is 32.8 Å². The molecule has 2 aliphatic rings. The predicted octanol–water partition coefficient (Wildman–Crippen LogP) is 2.65. The van der Waals surface area contributed by atoms with Crippen LogP contribution in [-0.4, -0.2) is 55.7 Å². The first kappa shape index (κ1) is 17.6. The van der Waals surface area contributed by atoms with Crippen molar-refractivity contribution in [2.75, 3.05) is 43.0 Å². The minimum Gasteiger partial charge on any atom is -0.444 e. The van der Waals surface area contributed by atoms with Crippen LogP contribution in [0.2, 0.25) is 0 Å². The first-order chi connectivity index (χ1) is 11.8. The van der Waals surface area contributed by atoms with Gasteiger partial charge in [-0.05, 0) is 38.8 Å². The standard InChI is InChI=1S/C19H27N3O3/c1-19(2,3)25-18(24)22-12-10-21(11-13-22)15-7-5-6-14-8-9-16(23)20(4)17(14)15/h5-7H,8-13H2,1-4H3. The molecule has 0 aliphatic carbocycles. The van der Waals surface area contributed by atoms with Crippen molar-refractivity contribution >= 4 is 23.4 Å². The van der Waals surface area contributed by atoms with Crippen molar-refractivity contribution in [2.45, 2.75) is 39.2 Å². The Morgan fingerprint density at radius 1 is 1.08 bits per heavy atom. The lowest BCUT2D eigenvalue weighted by atomic mass is 9.99. The molecule has 2 heterocycles. The van der Waals surface area contributed by atoms with Crippen molar-refractivity contribution in [3.05, 3.63) is 23.8 Å². The molecular formula is C19H27N3O3. The second-order valence-corrected chi connectivity index (χ2v) is 7.69. The zero-order chi connectivity index (χ0) is 18.2. The molecule has 0 saturated carbocycles. The zero-order valence-electron chi connectivity index (χ0n) is 15.5. The van der Waals surface area contributed by atoms with E-state index in [2.05, 4.69) is 23.1 Å². The maximum absolute atomic E-state index is 12.2. The van der Waals surface area contributed by atoms with Gasteiger partial charge < -0.3 is 19.4 Å².